The zero-order valence-corrected chi connectivity index (χ0v) is 15.4. The Balaban J connectivity index is 1.41. The molecule has 0 bridgehead atoms. The van der Waals surface area contributed by atoms with Gasteiger partial charge in [0.05, 0.1) is 6.54 Å². The van der Waals surface area contributed by atoms with Gasteiger partial charge in [-0.3, -0.25) is 4.79 Å². The number of likely N-dealkylation sites (tertiary alicyclic amines) is 1. The second-order valence-corrected chi connectivity index (χ2v) is 7.93. The monoisotopic (exact) mass is 356 g/mol. The molecule has 1 aromatic heterocycles. The summed E-state index contributed by atoms with van der Waals surface area (Å²) in [6.45, 7) is 6.13. The van der Waals surface area contributed by atoms with Crippen LogP contribution >= 0.6 is 11.3 Å². The molecule has 25 heavy (non-hydrogen) atoms. The van der Waals surface area contributed by atoms with Crippen molar-refractivity contribution in [3.05, 3.63) is 40.9 Å². The lowest BCUT2D eigenvalue weighted by atomic mass is 10.0. The number of nitrogens with one attached hydrogen (secondary N) is 1. The number of amides is 1. The van der Waals surface area contributed by atoms with Crippen LogP contribution in [0.1, 0.15) is 30.9 Å². The van der Waals surface area contributed by atoms with Gasteiger partial charge < -0.3 is 15.1 Å². The molecular formula is C19H24N4OS. The number of hydrogen-bond donors (Lipinski definition) is 1. The minimum atomic E-state index is 0.207. The number of rotatable bonds is 4. The van der Waals surface area contributed by atoms with Crippen LogP contribution in [0.5, 0.6) is 0 Å². The number of hydrogen-bond acceptors (Lipinski definition) is 5. The molecule has 0 radical (unpaired) electrons. The Morgan fingerprint density at radius 1 is 1.40 bits per heavy atom. The molecule has 2 aromatic rings. The predicted octanol–water partition coefficient (Wildman–Crippen LogP) is 3.33. The quantitative estimate of drug-likeness (QED) is 0.913. The summed E-state index contributed by atoms with van der Waals surface area (Å²) in [6.07, 6.45) is 4.20. The van der Waals surface area contributed by atoms with Gasteiger partial charge in [-0.1, -0.05) is 19.1 Å². The van der Waals surface area contributed by atoms with Crippen LogP contribution in [0.2, 0.25) is 0 Å². The van der Waals surface area contributed by atoms with Crippen molar-refractivity contribution in [3.8, 4) is 0 Å². The van der Waals surface area contributed by atoms with Crippen LogP contribution < -0.4 is 10.2 Å². The Labute approximate surface area is 152 Å². The van der Waals surface area contributed by atoms with Crippen molar-refractivity contribution in [2.75, 3.05) is 29.9 Å². The van der Waals surface area contributed by atoms with E-state index >= 15 is 0 Å². The minimum Gasteiger partial charge on any atom is -0.376 e. The van der Waals surface area contributed by atoms with E-state index in [0.717, 1.165) is 43.4 Å². The molecule has 1 unspecified atom stereocenters. The van der Waals surface area contributed by atoms with Crippen molar-refractivity contribution in [1.82, 2.24) is 9.88 Å². The van der Waals surface area contributed by atoms with Gasteiger partial charge in [0, 0.05) is 43.4 Å². The largest absolute Gasteiger partial charge is 0.376 e. The molecule has 1 fully saturated rings. The number of thiazole rings is 1. The fourth-order valence-corrected chi connectivity index (χ4v) is 4.44. The third-order valence-corrected chi connectivity index (χ3v) is 5.95. The van der Waals surface area contributed by atoms with Crippen LogP contribution in [0.4, 0.5) is 10.8 Å². The molecule has 0 aliphatic carbocycles. The van der Waals surface area contributed by atoms with E-state index in [0.29, 0.717) is 12.5 Å². The fourth-order valence-electron chi connectivity index (χ4n) is 3.79. The lowest BCUT2D eigenvalue weighted by molar-refractivity contribution is -0.130. The highest BCUT2D eigenvalue weighted by Crippen LogP contribution is 2.33. The van der Waals surface area contributed by atoms with Crippen molar-refractivity contribution in [3.63, 3.8) is 0 Å². The number of benzene rings is 1. The van der Waals surface area contributed by atoms with Crippen molar-refractivity contribution in [2.24, 2.45) is 5.92 Å². The standard InChI is InChI=1S/C19H24N4OS/c1-14-4-3-8-22(11-14)18(24)10-21-17-6-2-5-15-12-23(13-16(15)17)19-20-7-9-25-19/h2,5-7,9,14,21H,3-4,8,10-13H2,1H3. The summed E-state index contributed by atoms with van der Waals surface area (Å²) < 4.78 is 0. The fraction of sp³-hybridized carbons (Fsp3) is 0.474. The molecule has 2 aliphatic rings. The Bertz CT molecular complexity index is 746. The summed E-state index contributed by atoms with van der Waals surface area (Å²) in [5, 5.41) is 6.45. The van der Waals surface area contributed by atoms with E-state index in [1.165, 1.54) is 17.5 Å². The molecule has 1 amide bonds. The summed E-state index contributed by atoms with van der Waals surface area (Å²) in [6, 6.07) is 6.32. The van der Waals surface area contributed by atoms with Crippen molar-refractivity contribution in [2.45, 2.75) is 32.9 Å². The topological polar surface area (TPSA) is 48.5 Å². The minimum absolute atomic E-state index is 0.207. The first kappa shape index (κ1) is 16.4. The molecule has 1 aromatic carbocycles. The van der Waals surface area contributed by atoms with Crippen molar-refractivity contribution >= 4 is 28.1 Å². The van der Waals surface area contributed by atoms with Gasteiger partial charge in [0.25, 0.3) is 0 Å². The molecular weight excluding hydrogens is 332 g/mol. The van der Waals surface area contributed by atoms with Gasteiger partial charge in [0.2, 0.25) is 5.91 Å². The van der Waals surface area contributed by atoms with E-state index in [1.807, 2.05) is 16.5 Å². The van der Waals surface area contributed by atoms with Crippen LogP contribution in [-0.4, -0.2) is 35.4 Å². The van der Waals surface area contributed by atoms with E-state index in [-0.39, 0.29) is 5.91 Å². The number of carbonyl (C=O) groups is 1. The van der Waals surface area contributed by atoms with E-state index in [1.54, 1.807) is 11.3 Å². The molecule has 1 atom stereocenters. The van der Waals surface area contributed by atoms with Gasteiger partial charge in [0.1, 0.15) is 0 Å². The molecule has 132 valence electrons. The third-order valence-electron chi connectivity index (χ3n) is 5.11. The number of carbonyl (C=O) groups excluding carboxylic acids is 1. The summed E-state index contributed by atoms with van der Waals surface area (Å²) >= 11 is 1.67. The van der Waals surface area contributed by atoms with Gasteiger partial charge in [-0.05, 0) is 36.0 Å². The Morgan fingerprint density at radius 3 is 3.12 bits per heavy atom. The number of piperidine rings is 1. The molecule has 0 saturated carbocycles. The highest BCUT2D eigenvalue weighted by atomic mass is 32.1. The Hall–Kier alpha value is -2.08. The van der Waals surface area contributed by atoms with Gasteiger partial charge in [-0.25, -0.2) is 4.98 Å². The Kier molecular flexibility index (Phi) is 4.61. The number of fused-ring (bicyclic) bond motifs is 1. The molecule has 0 spiro atoms. The summed E-state index contributed by atoms with van der Waals surface area (Å²) in [7, 11) is 0. The highest BCUT2D eigenvalue weighted by Gasteiger charge is 2.24. The van der Waals surface area contributed by atoms with Crippen LogP contribution in [-0.2, 0) is 17.9 Å². The zero-order valence-electron chi connectivity index (χ0n) is 14.6. The average Bonchev–Trinajstić information content (AvgIpc) is 3.28. The lowest BCUT2D eigenvalue weighted by Gasteiger charge is -2.31. The smallest absolute Gasteiger partial charge is 0.241 e. The van der Waals surface area contributed by atoms with Crippen LogP contribution in [0.15, 0.2) is 29.8 Å². The molecule has 1 N–H and O–H groups in total. The third kappa shape index (κ3) is 3.49. The zero-order chi connectivity index (χ0) is 17.2. The first-order valence-corrected chi connectivity index (χ1v) is 9.85. The average molecular weight is 356 g/mol. The first-order valence-electron chi connectivity index (χ1n) is 8.97. The van der Waals surface area contributed by atoms with E-state index in [2.05, 4.69) is 40.3 Å². The second kappa shape index (κ2) is 7.04. The van der Waals surface area contributed by atoms with Gasteiger partial charge in [-0.2, -0.15) is 0 Å². The molecule has 6 heteroatoms. The number of nitrogens with zero attached hydrogens (tertiary/aromatic N) is 3. The summed E-state index contributed by atoms with van der Waals surface area (Å²) in [4.78, 5) is 21.2. The van der Waals surface area contributed by atoms with Gasteiger partial charge in [0.15, 0.2) is 5.13 Å². The molecule has 1 saturated heterocycles. The maximum atomic E-state index is 12.5. The molecule has 5 nitrogen and oxygen atoms in total. The summed E-state index contributed by atoms with van der Waals surface area (Å²) in [5.74, 6) is 0.824. The summed E-state index contributed by atoms with van der Waals surface area (Å²) in [5.41, 5.74) is 3.69. The molecule has 2 aliphatic heterocycles. The van der Waals surface area contributed by atoms with E-state index in [4.69, 9.17) is 0 Å². The van der Waals surface area contributed by atoms with Gasteiger partial charge >= 0.3 is 0 Å². The lowest BCUT2D eigenvalue weighted by Crippen LogP contribution is -2.42. The normalized spacial score (nSPS) is 19.8. The maximum Gasteiger partial charge on any atom is 0.241 e. The van der Waals surface area contributed by atoms with Crippen LogP contribution in [0.3, 0.4) is 0 Å². The van der Waals surface area contributed by atoms with E-state index in [9.17, 15) is 4.79 Å². The number of anilines is 2. The number of aromatic nitrogens is 1. The highest BCUT2D eigenvalue weighted by molar-refractivity contribution is 7.13. The van der Waals surface area contributed by atoms with Crippen LogP contribution in [0.25, 0.3) is 0 Å². The predicted molar refractivity (Wildman–Crippen MR) is 102 cm³/mol. The molecule has 3 heterocycles. The SMILES string of the molecule is CC1CCCN(C(=O)CNc2cccc3c2CN(c2nccs2)C3)C1. The second-order valence-electron chi connectivity index (χ2n) is 7.05. The molecule has 4 rings (SSSR count). The van der Waals surface area contributed by atoms with Crippen molar-refractivity contribution < 1.29 is 4.79 Å². The Morgan fingerprint density at radius 2 is 2.32 bits per heavy atom. The first-order chi connectivity index (χ1) is 12.2. The van der Waals surface area contributed by atoms with Crippen LogP contribution in [0, 0.1) is 5.92 Å². The van der Waals surface area contributed by atoms with E-state index < -0.39 is 0 Å². The maximum absolute atomic E-state index is 12.5. The van der Waals surface area contributed by atoms with Gasteiger partial charge in [-0.15, -0.1) is 11.3 Å². The van der Waals surface area contributed by atoms with Crippen molar-refractivity contribution in [1.29, 1.82) is 0 Å².